The summed E-state index contributed by atoms with van der Waals surface area (Å²) in [5.41, 5.74) is 2.43. The summed E-state index contributed by atoms with van der Waals surface area (Å²) in [4.78, 5) is 0. The Balaban J connectivity index is 2.03. The molecule has 2 nitrogen and oxygen atoms in total. The van der Waals surface area contributed by atoms with Crippen LogP contribution in [0.4, 0.5) is 0 Å². The molecule has 0 bridgehead atoms. The highest BCUT2D eigenvalue weighted by Crippen LogP contribution is 2.29. The summed E-state index contributed by atoms with van der Waals surface area (Å²) >= 11 is 0. The van der Waals surface area contributed by atoms with Crippen molar-refractivity contribution in [3.05, 3.63) is 53.4 Å². The first-order chi connectivity index (χ1) is 6.93. The van der Waals surface area contributed by atoms with E-state index in [4.69, 9.17) is 4.74 Å². The van der Waals surface area contributed by atoms with E-state index in [0.29, 0.717) is 0 Å². The van der Waals surface area contributed by atoms with E-state index in [-0.39, 0.29) is 0 Å². The van der Waals surface area contributed by atoms with Crippen molar-refractivity contribution in [1.29, 1.82) is 0 Å². The summed E-state index contributed by atoms with van der Waals surface area (Å²) in [7, 11) is 0. The normalized spacial score (nSPS) is 18.0. The molecule has 3 rings (SSSR count). The molecule has 0 saturated heterocycles. The number of hydrogen-bond donors (Lipinski definition) is 1. The van der Waals surface area contributed by atoms with E-state index in [9.17, 15) is 0 Å². The lowest BCUT2D eigenvalue weighted by atomic mass is 10.0. The lowest BCUT2D eigenvalue weighted by Gasteiger charge is -2.24. The average Bonchev–Trinajstić information content (AvgIpc) is 2.26. The first kappa shape index (κ1) is 7.68. The van der Waals surface area contributed by atoms with Crippen LogP contribution in [0.25, 0.3) is 0 Å². The maximum atomic E-state index is 5.73. The third-order valence-corrected chi connectivity index (χ3v) is 2.49. The Kier molecular flexibility index (Phi) is 1.60. The van der Waals surface area contributed by atoms with Crippen LogP contribution >= 0.6 is 0 Å². The summed E-state index contributed by atoms with van der Waals surface area (Å²) < 4.78 is 5.73. The van der Waals surface area contributed by atoms with Gasteiger partial charge in [-0.3, -0.25) is 0 Å². The van der Waals surface area contributed by atoms with Gasteiger partial charge in [0.1, 0.15) is 5.75 Å². The number of dihydropyridines is 1. The van der Waals surface area contributed by atoms with Gasteiger partial charge in [0.2, 0.25) is 0 Å². The second-order valence-corrected chi connectivity index (χ2v) is 3.45. The number of ether oxygens (including phenoxy) is 1. The number of rotatable bonds is 0. The SMILES string of the molecule is [c]1ccc2c(c1)CC1=C(NCC=C1)O2. The Bertz CT molecular complexity index is 432. The zero-order valence-corrected chi connectivity index (χ0v) is 7.71. The monoisotopic (exact) mass is 184 g/mol. The van der Waals surface area contributed by atoms with Crippen molar-refractivity contribution in [2.45, 2.75) is 6.42 Å². The van der Waals surface area contributed by atoms with Crippen LogP contribution in [0.2, 0.25) is 0 Å². The predicted octanol–water partition coefficient (Wildman–Crippen LogP) is 1.79. The first-order valence-corrected chi connectivity index (χ1v) is 4.74. The minimum Gasteiger partial charge on any atom is -0.441 e. The van der Waals surface area contributed by atoms with Gasteiger partial charge in [0.15, 0.2) is 5.88 Å². The third-order valence-electron chi connectivity index (χ3n) is 2.49. The fourth-order valence-electron chi connectivity index (χ4n) is 1.79. The molecule has 2 heterocycles. The molecule has 0 atom stereocenters. The van der Waals surface area contributed by atoms with E-state index in [2.05, 4.69) is 23.5 Å². The average molecular weight is 184 g/mol. The van der Waals surface area contributed by atoms with Gasteiger partial charge in [0, 0.05) is 24.1 Å². The molecule has 0 spiro atoms. The van der Waals surface area contributed by atoms with Crippen molar-refractivity contribution in [3.63, 3.8) is 0 Å². The summed E-state index contributed by atoms with van der Waals surface area (Å²) in [5, 5.41) is 3.22. The highest BCUT2D eigenvalue weighted by Gasteiger charge is 2.18. The predicted molar refractivity (Wildman–Crippen MR) is 53.8 cm³/mol. The first-order valence-electron chi connectivity index (χ1n) is 4.74. The Morgan fingerprint density at radius 3 is 3.43 bits per heavy atom. The molecule has 1 aromatic carbocycles. The van der Waals surface area contributed by atoms with E-state index >= 15 is 0 Å². The van der Waals surface area contributed by atoms with E-state index < -0.39 is 0 Å². The Morgan fingerprint density at radius 2 is 2.43 bits per heavy atom. The van der Waals surface area contributed by atoms with Crippen LogP contribution in [0.5, 0.6) is 5.75 Å². The molecule has 1 aromatic rings. The van der Waals surface area contributed by atoms with Crippen molar-refractivity contribution in [3.8, 4) is 5.75 Å². The maximum Gasteiger partial charge on any atom is 0.197 e. The number of allylic oxidation sites excluding steroid dienone is 2. The summed E-state index contributed by atoms with van der Waals surface area (Å²) in [6.45, 7) is 0.854. The molecule has 2 heteroatoms. The van der Waals surface area contributed by atoms with E-state index in [0.717, 1.165) is 24.6 Å². The van der Waals surface area contributed by atoms with Crippen molar-refractivity contribution >= 4 is 0 Å². The van der Waals surface area contributed by atoms with Crippen LogP contribution in [0.1, 0.15) is 5.56 Å². The molecule has 14 heavy (non-hydrogen) atoms. The minimum atomic E-state index is 0.854. The topological polar surface area (TPSA) is 21.3 Å². The van der Waals surface area contributed by atoms with Crippen molar-refractivity contribution in [2.75, 3.05) is 6.54 Å². The number of fused-ring (bicyclic) bond motifs is 1. The van der Waals surface area contributed by atoms with E-state index in [1.165, 1.54) is 11.1 Å². The highest BCUT2D eigenvalue weighted by atomic mass is 16.5. The molecule has 0 saturated carbocycles. The second-order valence-electron chi connectivity index (χ2n) is 3.45. The van der Waals surface area contributed by atoms with Crippen molar-refractivity contribution in [2.24, 2.45) is 0 Å². The van der Waals surface area contributed by atoms with Crippen LogP contribution in [-0.2, 0) is 6.42 Å². The standard InChI is InChI=1S/C12H10NO/c1-2-6-11-9(4-1)8-10-5-3-7-13-12(10)14-11/h2-6,13H,7-8H2. The van der Waals surface area contributed by atoms with Crippen molar-refractivity contribution in [1.82, 2.24) is 5.32 Å². The van der Waals surface area contributed by atoms with E-state index in [1.807, 2.05) is 18.2 Å². The summed E-state index contributed by atoms with van der Waals surface area (Å²) in [6.07, 6.45) is 5.17. The molecule has 1 N–H and O–H groups in total. The van der Waals surface area contributed by atoms with Gasteiger partial charge >= 0.3 is 0 Å². The summed E-state index contributed by atoms with van der Waals surface area (Å²) in [5.74, 6) is 1.86. The smallest absolute Gasteiger partial charge is 0.197 e. The van der Waals surface area contributed by atoms with Gasteiger partial charge in [-0.05, 0) is 18.2 Å². The fourth-order valence-corrected chi connectivity index (χ4v) is 1.79. The molecule has 0 amide bonds. The number of nitrogens with one attached hydrogen (secondary N) is 1. The van der Waals surface area contributed by atoms with Crippen LogP contribution in [-0.4, -0.2) is 6.54 Å². The quantitative estimate of drug-likeness (QED) is 0.663. The van der Waals surface area contributed by atoms with Gasteiger partial charge < -0.3 is 10.1 Å². The van der Waals surface area contributed by atoms with Gasteiger partial charge in [-0.1, -0.05) is 18.2 Å². The second kappa shape index (κ2) is 2.91. The Hall–Kier alpha value is -1.70. The molecule has 0 aliphatic carbocycles. The molecule has 0 unspecified atom stereocenters. The Labute approximate surface area is 82.9 Å². The van der Waals surface area contributed by atoms with Gasteiger partial charge in [0.05, 0.1) is 0 Å². The molecular formula is C12H10NO. The van der Waals surface area contributed by atoms with Gasteiger partial charge in [-0.25, -0.2) is 0 Å². The van der Waals surface area contributed by atoms with Gasteiger partial charge in [-0.2, -0.15) is 0 Å². The zero-order chi connectivity index (χ0) is 9.38. The van der Waals surface area contributed by atoms with Crippen LogP contribution < -0.4 is 10.1 Å². The molecular weight excluding hydrogens is 174 g/mol. The van der Waals surface area contributed by atoms with Gasteiger partial charge in [0.25, 0.3) is 0 Å². The molecule has 0 aromatic heterocycles. The largest absolute Gasteiger partial charge is 0.441 e. The number of benzene rings is 1. The molecule has 2 aliphatic heterocycles. The van der Waals surface area contributed by atoms with Gasteiger partial charge in [-0.15, -0.1) is 0 Å². The number of hydrogen-bond acceptors (Lipinski definition) is 2. The zero-order valence-electron chi connectivity index (χ0n) is 7.71. The lowest BCUT2D eigenvalue weighted by molar-refractivity contribution is 0.364. The molecule has 0 fully saturated rings. The summed E-state index contributed by atoms with van der Waals surface area (Å²) in [6, 6.07) is 8.89. The van der Waals surface area contributed by atoms with E-state index in [1.54, 1.807) is 0 Å². The highest BCUT2D eigenvalue weighted by molar-refractivity contribution is 5.44. The third kappa shape index (κ3) is 1.11. The van der Waals surface area contributed by atoms with Crippen LogP contribution in [0.3, 0.4) is 0 Å². The van der Waals surface area contributed by atoms with Crippen molar-refractivity contribution < 1.29 is 4.74 Å². The molecule has 1 radical (unpaired) electrons. The maximum absolute atomic E-state index is 5.73. The fraction of sp³-hybridized carbons (Fsp3) is 0.167. The van der Waals surface area contributed by atoms with Crippen LogP contribution in [0.15, 0.2) is 41.8 Å². The molecule has 69 valence electrons. The minimum absolute atomic E-state index is 0.854. The molecule has 2 aliphatic rings. The van der Waals surface area contributed by atoms with Crippen LogP contribution in [0, 0.1) is 6.07 Å². The Morgan fingerprint density at radius 1 is 1.43 bits per heavy atom. The lowest BCUT2D eigenvalue weighted by Crippen LogP contribution is -2.26.